The number of aliphatic hydroxyl groups is 1. The average Bonchev–Trinajstić information content (AvgIpc) is 2.16. The molecule has 0 spiro atoms. The van der Waals surface area contributed by atoms with Crippen LogP contribution in [0.2, 0.25) is 0 Å². The van der Waals surface area contributed by atoms with Crippen molar-refractivity contribution in [1.29, 1.82) is 0 Å². The Bertz CT molecular complexity index is 119. The molecule has 4 heteroatoms. The molecule has 0 bridgehead atoms. The van der Waals surface area contributed by atoms with Crippen molar-refractivity contribution in [2.75, 3.05) is 19.8 Å². The van der Waals surface area contributed by atoms with E-state index in [0.29, 0.717) is 6.61 Å². The number of hydrogen-bond donors (Lipinski definition) is 2. The van der Waals surface area contributed by atoms with Gasteiger partial charge in [-0.05, 0) is 19.3 Å². The van der Waals surface area contributed by atoms with Crippen LogP contribution in [0.1, 0.15) is 19.3 Å². The van der Waals surface area contributed by atoms with E-state index in [1.165, 1.54) is 0 Å². The molecule has 0 fully saturated rings. The van der Waals surface area contributed by atoms with Crippen LogP contribution in [-0.4, -0.2) is 31.0 Å². The van der Waals surface area contributed by atoms with E-state index < -0.39 is 0 Å². The standard InChI is InChI=1S/C9H19NO3/c1-2-3-4-5-6-12-9(7-11)8-13-10/h2,9,11H,1,3-8,10H2. The molecule has 0 rings (SSSR count). The predicted molar refractivity (Wildman–Crippen MR) is 51.0 cm³/mol. The minimum Gasteiger partial charge on any atom is -0.394 e. The van der Waals surface area contributed by atoms with E-state index in [1.54, 1.807) is 0 Å². The van der Waals surface area contributed by atoms with Gasteiger partial charge in [-0.15, -0.1) is 6.58 Å². The lowest BCUT2D eigenvalue weighted by Gasteiger charge is -2.13. The lowest BCUT2D eigenvalue weighted by Crippen LogP contribution is -2.26. The number of unbranched alkanes of at least 4 members (excludes halogenated alkanes) is 2. The molecule has 0 aromatic rings. The zero-order valence-electron chi connectivity index (χ0n) is 7.95. The van der Waals surface area contributed by atoms with Crippen molar-refractivity contribution in [1.82, 2.24) is 0 Å². The van der Waals surface area contributed by atoms with Crippen molar-refractivity contribution in [2.24, 2.45) is 5.90 Å². The molecule has 13 heavy (non-hydrogen) atoms. The molecule has 0 aromatic carbocycles. The summed E-state index contributed by atoms with van der Waals surface area (Å²) in [7, 11) is 0. The van der Waals surface area contributed by atoms with Crippen molar-refractivity contribution in [3.05, 3.63) is 12.7 Å². The summed E-state index contributed by atoms with van der Waals surface area (Å²) in [4.78, 5) is 4.37. The molecule has 0 amide bonds. The predicted octanol–water partition coefficient (Wildman–Crippen LogP) is 0.611. The highest BCUT2D eigenvalue weighted by molar-refractivity contribution is 4.65. The van der Waals surface area contributed by atoms with Crippen LogP contribution in [0.15, 0.2) is 12.7 Å². The van der Waals surface area contributed by atoms with Crippen molar-refractivity contribution < 1.29 is 14.7 Å². The van der Waals surface area contributed by atoms with Crippen LogP contribution in [0.25, 0.3) is 0 Å². The highest BCUT2D eigenvalue weighted by atomic mass is 16.6. The van der Waals surface area contributed by atoms with Crippen molar-refractivity contribution in [3.8, 4) is 0 Å². The minimum atomic E-state index is -0.297. The largest absolute Gasteiger partial charge is 0.394 e. The van der Waals surface area contributed by atoms with Gasteiger partial charge in [-0.1, -0.05) is 6.08 Å². The van der Waals surface area contributed by atoms with E-state index in [4.69, 9.17) is 15.7 Å². The van der Waals surface area contributed by atoms with Crippen LogP contribution in [0.3, 0.4) is 0 Å². The van der Waals surface area contributed by atoms with Crippen LogP contribution in [0.4, 0.5) is 0 Å². The Morgan fingerprint density at radius 3 is 2.77 bits per heavy atom. The Labute approximate surface area is 79.3 Å². The maximum Gasteiger partial charge on any atom is 0.106 e. The van der Waals surface area contributed by atoms with Crippen LogP contribution >= 0.6 is 0 Å². The molecule has 0 aliphatic carbocycles. The third-order valence-electron chi connectivity index (χ3n) is 1.64. The second-order valence-corrected chi connectivity index (χ2v) is 2.79. The highest BCUT2D eigenvalue weighted by Gasteiger charge is 2.06. The Hall–Kier alpha value is -0.420. The third kappa shape index (κ3) is 7.93. The molecule has 1 unspecified atom stereocenters. The molecule has 0 radical (unpaired) electrons. The van der Waals surface area contributed by atoms with Crippen LogP contribution in [0.5, 0.6) is 0 Å². The van der Waals surface area contributed by atoms with Gasteiger partial charge in [0.25, 0.3) is 0 Å². The Morgan fingerprint density at radius 2 is 2.23 bits per heavy atom. The Balaban J connectivity index is 3.22. The molecular weight excluding hydrogens is 170 g/mol. The third-order valence-corrected chi connectivity index (χ3v) is 1.64. The van der Waals surface area contributed by atoms with E-state index in [-0.39, 0.29) is 19.3 Å². The van der Waals surface area contributed by atoms with Gasteiger partial charge in [-0.25, -0.2) is 5.90 Å². The summed E-state index contributed by atoms with van der Waals surface area (Å²) in [5.74, 6) is 4.85. The summed E-state index contributed by atoms with van der Waals surface area (Å²) >= 11 is 0. The van der Waals surface area contributed by atoms with Crippen LogP contribution in [-0.2, 0) is 9.57 Å². The van der Waals surface area contributed by atoms with Crippen LogP contribution in [0, 0.1) is 0 Å². The summed E-state index contributed by atoms with van der Waals surface area (Å²) < 4.78 is 5.29. The van der Waals surface area contributed by atoms with Gasteiger partial charge < -0.3 is 14.7 Å². The van der Waals surface area contributed by atoms with Crippen molar-refractivity contribution in [2.45, 2.75) is 25.4 Å². The van der Waals surface area contributed by atoms with Crippen molar-refractivity contribution in [3.63, 3.8) is 0 Å². The smallest absolute Gasteiger partial charge is 0.106 e. The van der Waals surface area contributed by atoms with E-state index in [9.17, 15) is 0 Å². The molecule has 1 atom stereocenters. The maximum absolute atomic E-state index is 8.78. The molecule has 0 heterocycles. The van der Waals surface area contributed by atoms with Gasteiger partial charge in [0.05, 0.1) is 13.2 Å². The SMILES string of the molecule is C=CCCCCOC(CO)CON. The monoisotopic (exact) mass is 189 g/mol. The number of ether oxygens (including phenoxy) is 1. The van der Waals surface area contributed by atoms with E-state index in [2.05, 4.69) is 11.4 Å². The lowest BCUT2D eigenvalue weighted by molar-refractivity contribution is -0.0438. The lowest BCUT2D eigenvalue weighted by atomic mass is 10.2. The average molecular weight is 189 g/mol. The van der Waals surface area contributed by atoms with E-state index in [0.717, 1.165) is 19.3 Å². The number of allylic oxidation sites excluding steroid dienone is 1. The first-order chi connectivity index (χ1) is 6.35. The van der Waals surface area contributed by atoms with Gasteiger partial charge in [0.15, 0.2) is 0 Å². The minimum absolute atomic E-state index is 0.0569. The fourth-order valence-electron chi connectivity index (χ4n) is 0.902. The molecule has 0 aliphatic heterocycles. The second kappa shape index (κ2) is 9.67. The molecule has 4 nitrogen and oxygen atoms in total. The first kappa shape index (κ1) is 12.6. The van der Waals surface area contributed by atoms with E-state index in [1.807, 2.05) is 6.08 Å². The van der Waals surface area contributed by atoms with Crippen LogP contribution < -0.4 is 5.90 Å². The quantitative estimate of drug-likeness (QED) is 0.317. The first-order valence-electron chi connectivity index (χ1n) is 4.50. The van der Waals surface area contributed by atoms with Gasteiger partial charge >= 0.3 is 0 Å². The second-order valence-electron chi connectivity index (χ2n) is 2.79. The van der Waals surface area contributed by atoms with E-state index >= 15 is 0 Å². The summed E-state index contributed by atoms with van der Waals surface area (Å²) in [5.41, 5.74) is 0. The maximum atomic E-state index is 8.78. The number of rotatable bonds is 9. The summed E-state index contributed by atoms with van der Waals surface area (Å²) in [5, 5.41) is 8.78. The van der Waals surface area contributed by atoms with Gasteiger partial charge in [-0.2, -0.15) is 0 Å². The normalized spacial score (nSPS) is 12.8. The first-order valence-corrected chi connectivity index (χ1v) is 4.50. The summed E-state index contributed by atoms with van der Waals surface area (Å²) in [6.07, 6.45) is 4.61. The summed E-state index contributed by atoms with van der Waals surface area (Å²) in [6, 6.07) is 0. The van der Waals surface area contributed by atoms with Gasteiger partial charge in [-0.3, -0.25) is 0 Å². The van der Waals surface area contributed by atoms with Gasteiger partial charge in [0.1, 0.15) is 6.10 Å². The Morgan fingerprint density at radius 1 is 1.46 bits per heavy atom. The van der Waals surface area contributed by atoms with Crippen molar-refractivity contribution >= 4 is 0 Å². The number of aliphatic hydroxyl groups excluding tert-OH is 1. The Kier molecular flexibility index (Phi) is 9.35. The zero-order chi connectivity index (χ0) is 9.94. The highest BCUT2D eigenvalue weighted by Crippen LogP contribution is 1.99. The molecule has 0 saturated heterocycles. The van der Waals surface area contributed by atoms with Gasteiger partial charge in [0, 0.05) is 6.61 Å². The summed E-state index contributed by atoms with van der Waals surface area (Å²) in [6.45, 7) is 4.43. The fraction of sp³-hybridized carbons (Fsp3) is 0.778. The van der Waals surface area contributed by atoms with Gasteiger partial charge in [0.2, 0.25) is 0 Å². The zero-order valence-corrected chi connectivity index (χ0v) is 7.95. The molecular formula is C9H19NO3. The number of nitrogens with two attached hydrogens (primary N) is 1. The molecule has 0 aliphatic rings. The number of hydrogen-bond acceptors (Lipinski definition) is 4. The molecule has 0 saturated carbocycles. The fourth-order valence-corrected chi connectivity index (χ4v) is 0.902. The molecule has 0 aromatic heterocycles. The molecule has 3 N–H and O–H groups in total. The topological polar surface area (TPSA) is 64.7 Å². The molecule has 78 valence electrons.